The first-order chi connectivity index (χ1) is 14.2. The van der Waals surface area contributed by atoms with Crippen molar-refractivity contribution in [3.05, 3.63) is 60.2 Å². The van der Waals surface area contributed by atoms with E-state index >= 15 is 0 Å². The van der Waals surface area contributed by atoms with Gasteiger partial charge < -0.3 is 25.6 Å². The van der Waals surface area contributed by atoms with Crippen molar-refractivity contribution in [3.63, 3.8) is 0 Å². The molecule has 1 heterocycles. The number of carbonyl (C=O) groups is 1. The van der Waals surface area contributed by atoms with Crippen LogP contribution in [0.2, 0.25) is 0 Å². The normalized spacial score (nSPS) is 13.8. The lowest BCUT2D eigenvalue weighted by molar-refractivity contribution is -0.120. The van der Waals surface area contributed by atoms with Crippen molar-refractivity contribution in [2.45, 2.75) is 13.5 Å². The number of benzene rings is 2. The molecule has 2 aromatic carbocycles. The molecule has 0 unspecified atom stereocenters. The number of nitrogens with one attached hydrogen (secondary N) is 3. The van der Waals surface area contributed by atoms with E-state index in [1.54, 1.807) is 0 Å². The Labute approximate surface area is 195 Å². The Balaban J connectivity index is 0.00000320. The van der Waals surface area contributed by atoms with Gasteiger partial charge in [0.15, 0.2) is 5.96 Å². The number of piperazine rings is 1. The van der Waals surface area contributed by atoms with E-state index < -0.39 is 0 Å². The molecule has 0 aromatic heterocycles. The first kappa shape index (κ1) is 23.8. The van der Waals surface area contributed by atoms with Crippen molar-refractivity contribution in [1.82, 2.24) is 16.0 Å². The molecule has 1 fully saturated rings. The molecule has 1 aliphatic rings. The summed E-state index contributed by atoms with van der Waals surface area (Å²) in [6.07, 6.45) is 0. The molecule has 1 aliphatic heterocycles. The zero-order valence-electron chi connectivity index (χ0n) is 17.3. The van der Waals surface area contributed by atoms with Gasteiger partial charge in [-0.1, -0.05) is 30.3 Å². The van der Waals surface area contributed by atoms with Crippen LogP contribution in [0.3, 0.4) is 0 Å². The molecule has 162 valence electrons. The molecule has 7 nitrogen and oxygen atoms in total. The number of hydrogen-bond acceptors (Lipinski definition) is 4. The van der Waals surface area contributed by atoms with Crippen molar-refractivity contribution in [2.75, 3.05) is 44.2 Å². The van der Waals surface area contributed by atoms with E-state index in [1.165, 1.54) is 0 Å². The fourth-order valence-corrected chi connectivity index (χ4v) is 3.04. The largest absolute Gasteiger partial charge is 0.492 e. The van der Waals surface area contributed by atoms with Gasteiger partial charge in [-0.25, -0.2) is 4.99 Å². The van der Waals surface area contributed by atoms with Crippen LogP contribution >= 0.6 is 24.0 Å². The summed E-state index contributed by atoms with van der Waals surface area (Å²) in [5, 5.41) is 9.39. The molecular formula is C22H30IN5O2. The molecule has 0 bridgehead atoms. The Hall–Kier alpha value is -2.49. The van der Waals surface area contributed by atoms with Gasteiger partial charge in [0.05, 0.1) is 19.6 Å². The summed E-state index contributed by atoms with van der Waals surface area (Å²) in [5.74, 6) is 1.70. The van der Waals surface area contributed by atoms with E-state index in [2.05, 4.69) is 50.1 Å². The second-order valence-electron chi connectivity index (χ2n) is 6.72. The lowest BCUT2D eigenvalue weighted by atomic mass is 10.2. The maximum absolute atomic E-state index is 11.5. The molecule has 0 aliphatic carbocycles. The van der Waals surface area contributed by atoms with Crippen LogP contribution in [-0.4, -0.2) is 51.2 Å². The van der Waals surface area contributed by atoms with Crippen molar-refractivity contribution >= 4 is 41.5 Å². The van der Waals surface area contributed by atoms with E-state index in [-0.39, 0.29) is 29.9 Å². The minimum atomic E-state index is 0. The summed E-state index contributed by atoms with van der Waals surface area (Å²) < 4.78 is 5.70. The van der Waals surface area contributed by atoms with Gasteiger partial charge in [-0.2, -0.15) is 0 Å². The van der Waals surface area contributed by atoms with Gasteiger partial charge in [0.2, 0.25) is 5.91 Å². The second kappa shape index (κ2) is 12.9. The molecule has 0 saturated carbocycles. The average Bonchev–Trinajstić information content (AvgIpc) is 2.76. The van der Waals surface area contributed by atoms with Crippen LogP contribution in [0.1, 0.15) is 12.5 Å². The van der Waals surface area contributed by atoms with Crippen molar-refractivity contribution < 1.29 is 9.53 Å². The maximum Gasteiger partial charge on any atom is 0.239 e. The highest BCUT2D eigenvalue weighted by molar-refractivity contribution is 14.0. The fourth-order valence-electron chi connectivity index (χ4n) is 3.04. The van der Waals surface area contributed by atoms with E-state index in [4.69, 9.17) is 4.74 Å². The molecular weight excluding hydrogens is 493 g/mol. The van der Waals surface area contributed by atoms with Crippen molar-refractivity contribution in [1.29, 1.82) is 0 Å². The van der Waals surface area contributed by atoms with Gasteiger partial charge in [0, 0.05) is 25.3 Å². The predicted octanol–water partition coefficient (Wildman–Crippen LogP) is 2.37. The lowest BCUT2D eigenvalue weighted by Crippen LogP contribution is -2.47. The summed E-state index contributed by atoms with van der Waals surface area (Å²) in [7, 11) is 0. The highest BCUT2D eigenvalue weighted by Gasteiger charge is 2.16. The predicted molar refractivity (Wildman–Crippen MR) is 132 cm³/mol. The molecule has 30 heavy (non-hydrogen) atoms. The summed E-state index contributed by atoms with van der Waals surface area (Å²) in [4.78, 5) is 18.3. The molecule has 2 aromatic rings. The first-order valence-electron chi connectivity index (χ1n) is 10.0. The summed E-state index contributed by atoms with van der Waals surface area (Å²) in [6, 6.07) is 18.0. The Morgan fingerprint density at radius 1 is 1.13 bits per heavy atom. The van der Waals surface area contributed by atoms with Gasteiger partial charge in [0.1, 0.15) is 12.4 Å². The van der Waals surface area contributed by atoms with Gasteiger partial charge in [-0.05, 0) is 36.8 Å². The lowest BCUT2D eigenvalue weighted by Gasteiger charge is -2.28. The van der Waals surface area contributed by atoms with Crippen LogP contribution in [0.5, 0.6) is 5.75 Å². The number of amides is 1. The maximum atomic E-state index is 11.5. The summed E-state index contributed by atoms with van der Waals surface area (Å²) >= 11 is 0. The third-order valence-corrected chi connectivity index (χ3v) is 4.51. The molecule has 3 N–H and O–H groups in total. The average molecular weight is 523 g/mol. The monoisotopic (exact) mass is 523 g/mol. The number of ether oxygens (including phenoxy) is 1. The summed E-state index contributed by atoms with van der Waals surface area (Å²) in [6.45, 7) is 6.58. The van der Waals surface area contributed by atoms with Gasteiger partial charge in [-0.3, -0.25) is 4.79 Å². The number of carbonyl (C=O) groups excluding carboxylic acids is 1. The Morgan fingerprint density at radius 2 is 1.90 bits per heavy atom. The van der Waals surface area contributed by atoms with Crippen molar-refractivity contribution in [2.24, 2.45) is 4.99 Å². The molecule has 3 rings (SSSR count). The SMILES string of the molecule is CCNC(=NCc1ccc(N2CCNC(=O)C2)cc1)NCCOc1ccccc1.I. The van der Waals surface area contributed by atoms with Crippen LogP contribution in [0, 0.1) is 0 Å². The Bertz CT molecular complexity index is 799. The number of guanidine groups is 1. The quantitative estimate of drug-likeness (QED) is 0.215. The fraction of sp³-hybridized carbons (Fsp3) is 0.364. The summed E-state index contributed by atoms with van der Waals surface area (Å²) in [5.41, 5.74) is 2.18. The third-order valence-electron chi connectivity index (χ3n) is 4.51. The van der Waals surface area contributed by atoms with E-state index in [0.717, 1.165) is 36.0 Å². The Morgan fingerprint density at radius 3 is 2.60 bits per heavy atom. The molecule has 0 atom stereocenters. The zero-order valence-corrected chi connectivity index (χ0v) is 19.6. The van der Waals surface area contributed by atoms with E-state index in [0.29, 0.717) is 32.8 Å². The van der Waals surface area contributed by atoms with Gasteiger partial charge in [0.25, 0.3) is 0 Å². The molecule has 0 radical (unpaired) electrons. The van der Waals surface area contributed by atoms with Crippen LogP contribution in [0.4, 0.5) is 5.69 Å². The number of para-hydroxylation sites is 1. The minimum absolute atomic E-state index is 0. The Kier molecular flexibility index (Phi) is 10.3. The highest BCUT2D eigenvalue weighted by atomic mass is 127. The van der Waals surface area contributed by atoms with Crippen LogP contribution in [-0.2, 0) is 11.3 Å². The number of halogens is 1. The van der Waals surface area contributed by atoms with E-state index in [1.807, 2.05) is 37.3 Å². The smallest absolute Gasteiger partial charge is 0.239 e. The van der Waals surface area contributed by atoms with Crippen molar-refractivity contribution in [3.8, 4) is 5.75 Å². The molecule has 8 heteroatoms. The zero-order chi connectivity index (χ0) is 20.3. The van der Waals surface area contributed by atoms with E-state index in [9.17, 15) is 4.79 Å². The number of anilines is 1. The number of nitrogens with zero attached hydrogens (tertiary/aromatic N) is 2. The number of aliphatic imine (C=N–C) groups is 1. The molecule has 0 spiro atoms. The topological polar surface area (TPSA) is 78.0 Å². The van der Waals surface area contributed by atoms with Gasteiger partial charge in [-0.15, -0.1) is 24.0 Å². The van der Waals surface area contributed by atoms with Gasteiger partial charge >= 0.3 is 0 Å². The van der Waals surface area contributed by atoms with Crippen LogP contribution < -0.4 is 25.6 Å². The third kappa shape index (κ3) is 7.74. The number of hydrogen-bond donors (Lipinski definition) is 3. The molecule has 1 amide bonds. The highest BCUT2D eigenvalue weighted by Crippen LogP contribution is 2.16. The standard InChI is InChI=1S/C22H29N5O2.HI/c1-2-23-22(25-13-15-29-20-6-4-3-5-7-20)26-16-18-8-10-19(11-9-18)27-14-12-24-21(28)17-27;/h3-11H,2,12-17H2,1H3,(H,24,28)(H2,23,25,26);1H. The second-order valence-corrected chi connectivity index (χ2v) is 6.72. The first-order valence-corrected chi connectivity index (χ1v) is 10.0. The van der Waals surface area contributed by atoms with Crippen LogP contribution in [0.15, 0.2) is 59.6 Å². The minimum Gasteiger partial charge on any atom is -0.492 e. The number of rotatable bonds is 8. The molecule has 1 saturated heterocycles. The van der Waals surface area contributed by atoms with Crippen LogP contribution in [0.25, 0.3) is 0 Å².